The van der Waals surface area contributed by atoms with Crippen LogP contribution in [0.2, 0.25) is 0 Å². The number of aliphatic hydroxyl groups is 2. The van der Waals surface area contributed by atoms with Gasteiger partial charge in [0.05, 0.1) is 24.5 Å². The zero-order valence-electron chi connectivity index (χ0n) is 13.8. The molecule has 1 aromatic rings. The van der Waals surface area contributed by atoms with Crippen LogP contribution in [0, 0.1) is 5.92 Å². The molecule has 2 rings (SSSR count). The first-order valence-corrected chi connectivity index (χ1v) is 7.81. The van der Waals surface area contributed by atoms with E-state index in [2.05, 4.69) is 15.3 Å². The molecule has 2 heterocycles. The van der Waals surface area contributed by atoms with Gasteiger partial charge in [0, 0.05) is 12.6 Å². The molecule has 136 valence electrons. The van der Waals surface area contributed by atoms with Crippen molar-refractivity contribution in [3.63, 3.8) is 0 Å². The Morgan fingerprint density at radius 2 is 1.96 bits per heavy atom. The number of hydrogen-bond acceptors (Lipinski definition) is 6. The highest BCUT2D eigenvalue weighted by Gasteiger charge is 2.41. The quantitative estimate of drug-likeness (QED) is 0.762. The predicted molar refractivity (Wildman–Crippen MR) is 82.3 cm³/mol. The van der Waals surface area contributed by atoms with Crippen LogP contribution in [0.3, 0.4) is 0 Å². The molecule has 6 nitrogen and oxygen atoms in total. The summed E-state index contributed by atoms with van der Waals surface area (Å²) in [5, 5.41) is 23.4. The maximum Gasteiger partial charge on any atom is 0.434 e. The normalized spacial score (nSPS) is 29.0. The van der Waals surface area contributed by atoms with Gasteiger partial charge < -0.3 is 15.5 Å². The van der Waals surface area contributed by atoms with Crippen molar-refractivity contribution in [1.82, 2.24) is 14.9 Å². The molecule has 1 fully saturated rings. The summed E-state index contributed by atoms with van der Waals surface area (Å²) in [5.41, 5.74) is -1.11. The Labute approximate surface area is 138 Å². The molecule has 24 heavy (non-hydrogen) atoms. The third-order valence-electron chi connectivity index (χ3n) is 4.18. The van der Waals surface area contributed by atoms with Crippen LogP contribution >= 0.6 is 0 Å². The van der Waals surface area contributed by atoms with Gasteiger partial charge in [0.2, 0.25) is 0 Å². The fraction of sp³-hybridized carbons (Fsp3) is 0.733. The van der Waals surface area contributed by atoms with Crippen LogP contribution in [0.1, 0.15) is 26.0 Å². The van der Waals surface area contributed by atoms with Gasteiger partial charge in [0.25, 0.3) is 0 Å². The lowest BCUT2D eigenvalue weighted by molar-refractivity contribution is -0.141. The van der Waals surface area contributed by atoms with Crippen LogP contribution in [0.5, 0.6) is 0 Å². The Bertz CT molecular complexity index is 556. The summed E-state index contributed by atoms with van der Waals surface area (Å²) in [7, 11) is 1.81. The molecule has 0 aromatic carbocycles. The van der Waals surface area contributed by atoms with E-state index in [-0.39, 0.29) is 11.9 Å². The topological polar surface area (TPSA) is 81.5 Å². The molecule has 1 saturated heterocycles. The lowest BCUT2D eigenvalue weighted by Crippen LogP contribution is -2.62. The molecule has 0 radical (unpaired) electrons. The predicted octanol–water partition coefficient (Wildman–Crippen LogP) is 1.36. The first-order chi connectivity index (χ1) is 11.1. The molecule has 1 aliphatic rings. The lowest BCUT2D eigenvalue weighted by atomic mass is 9.87. The van der Waals surface area contributed by atoms with Gasteiger partial charge in [0.1, 0.15) is 11.9 Å². The monoisotopic (exact) mass is 348 g/mol. The summed E-state index contributed by atoms with van der Waals surface area (Å²) in [5.74, 6) is 0.259. The number of aromatic nitrogens is 2. The number of likely N-dealkylation sites (tertiary alicyclic amines) is 1. The van der Waals surface area contributed by atoms with E-state index in [0.29, 0.717) is 25.1 Å². The van der Waals surface area contributed by atoms with Crippen molar-refractivity contribution in [2.45, 2.75) is 50.7 Å². The molecular weight excluding hydrogens is 325 g/mol. The highest BCUT2D eigenvalue weighted by Crippen LogP contribution is 2.28. The Morgan fingerprint density at radius 3 is 2.54 bits per heavy atom. The van der Waals surface area contributed by atoms with Crippen LogP contribution in [-0.2, 0) is 6.18 Å². The van der Waals surface area contributed by atoms with E-state index in [1.54, 1.807) is 0 Å². The fourth-order valence-corrected chi connectivity index (χ4v) is 2.98. The number of piperidine rings is 1. The van der Waals surface area contributed by atoms with Crippen LogP contribution in [-0.4, -0.2) is 63.0 Å². The second-order valence-electron chi connectivity index (χ2n) is 6.66. The van der Waals surface area contributed by atoms with E-state index in [1.807, 2.05) is 25.8 Å². The SMILES string of the molecule is CC(C)C[C@@H]1[C@H](O)[C@H](O)[C@@H](Nc2cncc(C(F)(F)F)n2)CN1C. The van der Waals surface area contributed by atoms with E-state index in [1.165, 1.54) is 0 Å². The van der Waals surface area contributed by atoms with Crippen molar-refractivity contribution in [2.75, 3.05) is 18.9 Å². The summed E-state index contributed by atoms with van der Waals surface area (Å²) in [6.07, 6.45) is -4.18. The molecule has 0 amide bonds. The van der Waals surface area contributed by atoms with Gasteiger partial charge in [-0.15, -0.1) is 0 Å². The number of anilines is 1. The molecule has 3 N–H and O–H groups in total. The summed E-state index contributed by atoms with van der Waals surface area (Å²) in [6, 6.07) is -0.850. The number of rotatable bonds is 4. The molecule has 0 aliphatic carbocycles. The second kappa shape index (κ2) is 7.20. The van der Waals surface area contributed by atoms with E-state index >= 15 is 0 Å². The summed E-state index contributed by atoms with van der Waals surface area (Å²) >= 11 is 0. The second-order valence-corrected chi connectivity index (χ2v) is 6.66. The zero-order valence-corrected chi connectivity index (χ0v) is 13.8. The highest BCUT2D eigenvalue weighted by molar-refractivity contribution is 5.35. The third-order valence-corrected chi connectivity index (χ3v) is 4.18. The van der Waals surface area contributed by atoms with Crippen molar-refractivity contribution in [2.24, 2.45) is 5.92 Å². The maximum absolute atomic E-state index is 12.7. The smallest absolute Gasteiger partial charge is 0.389 e. The largest absolute Gasteiger partial charge is 0.434 e. The number of aliphatic hydroxyl groups excluding tert-OH is 2. The molecule has 1 aromatic heterocycles. The average molecular weight is 348 g/mol. The van der Waals surface area contributed by atoms with E-state index in [4.69, 9.17) is 0 Å². The van der Waals surface area contributed by atoms with Crippen molar-refractivity contribution in [3.8, 4) is 0 Å². The maximum atomic E-state index is 12.7. The molecule has 0 unspecified atom stereocenters. The van der Waals surface area contributed by atoms with E-state index in [0.717, 1.165) is 6.20 Å². The number of alkyl halides is 3. The van der Waals surface area contributed by atoms with E-state index in [9.17, 15) is 23.4 Å². The minimum Gasteiger partial charge on any atom is -0.389 e. The number of hydrogen-bond donors (Lipinski definition) is 3. The average Bonchev–Trinajstić information content (AvgIpc) is 2.48. The highest BCUT2D eigenvalue weighted by atomic mass is 19.4. The molecular formula is C15H23F3N4O2. The van der Waals surface area contributed by atoms with Gasteiger partial charge in [-0.05, 0) is 19.4 Å². The summed E-state index contributed by atoms with van der Waals surface area (Å²) in [6.45, 7) is 4.42. The number of nitrogens with one attached hydrogen (secondary N) is 1. The van der Waals surface area contributed by atoms with Crippen molar-refractivity contribution < 1.29 is 23.4 Å². The number of halogens is 3. The summed E-state index contributed by atoms with van der Waals surface area (Å²) < 4.78 is 38.1. The molecule has 4 atom stereocenters. The van der Waals surface area contributed by atoms with Crippen molar-refractivity contribution >= 4 is 5.82 Å². The van der Waals surface area contributed by atoms with Crippen molar-refractivity contribution in [1.29, 1.82) is 0 Å². The van der Waals surface area contributed by atoms with E-state index < -0.39 is 30.1 Å². The van der Waals surface area contributed by atoms with Gasteiger partial charge in [-0.25, -0.2) is 4.98 Å². The molecule has 0 bridgehead atoms. The van der Waals surface area contributed by atoms with Crippen LogP contribution < -0.4 is 5.32 Å². The standard InChI is InChI=1S/C15H23F3N4O2/c1-8(2)4-10-14(24)13(23)9(7-22(10)3)20-12-6-19-5-11(21-12)15(16,17)18/h5-6,8-10,13-14,23-24H,4,7H2,1-3H3,(H,20,21)/t9-,10+,13+,14-/m0/s1. The van der Waals surface area contributed by atoms with Gasteiger partial charge in [-0.3, -0.25) is 9.88 Å². The number of likely N-dealkylation sites (N-methyl/N-ethyl adjacent to an activating group) is 1. The van der Waals surface area contributed by atoms with Gasteiger partial charge in [-0.1, -0.05) is 13.8 Å². The molecule has 9 heteroatoms. The van der Waals surface area contributed by atoms with Gasteiger partial charge in [-0.2, -0.15) is 13.2 Å². The Balaban J connectivity index is 2.11. The van der Waals surface area contributed by atoms with Crippen LogP contribution in [0.25, 0.3) is 0 Å². The fourth-order valence-electron chi connectivity index (χ4n) is 2.98. The van der Waals surface area contributed by atoms with Crippen LogP contribution in [0.4, 0.5) is 19.0 Å². The molecule has 0 spiro atoms. The first-order valence-electron chi connectivity index (χ1n) is 7.81. The Hall–Kier alpha value is -1.45. The molecule has 0 saturated carbocycles. The van der Waals surface area contributed by atoms with Gasteiger partial charge in [0.15, 0.2) is 5.69 Å². The Kier molecular flexibility index (Phi) is 5.67. The van der Waals surface area contributed by atoms with Crippen molar-refractivity contribution in [3.05, 3.63) is 18.1 Å². The van der Waals surface area contributed by atoms with Crippen LogP contribution in [0.15, 0.2) is 12.4 Å². The zero-order chi connectivity index (χ0) is 18.1. The summed E-state index contributed by atoms with van der Waals surface area (Å²) in [4.78, 5) is 8.91. The third kappa shape index (κ3) is 4.34. The minimum absolute atomic E-state index is 0.0863. The minimum atomic E-state index is -4.59. The lowest BCUT2D eigenvalue weighted by Gasteiger charge is -2.44. The Morgan fingerprint density at radius 1 is 1.29 bits per heavy atom. The number of nitrogens with zero attached hydrogens (tertiary/aromatic N) is 3. The first kappa shape index (κ1) is 18.9. The molecule has 1 aliphatic heterocycles. The van der Waals surface area contributed by atoms with Gasteiger partial charge >= 0.3 is 6.18 Å².